The molecule has 0 spiro atoms. The summed E-state index contributed by atoms with van der Waals surface area (Å²) in [6.45, 7) is 13.0. The van der Waals surface area contributed by atoms with Crippen molar-refractivity contribution in [2.75, 3.05) is 39.3 Å². The molecule has 8 heteroatoms. The Balaban J connectivity index is 2.29. The second-order valence-corrected chi connectivity index (χ2v) is 6.36. The largest absolute Gasteiger partial charge is 0.352 e. The third-order valence-electron chi connectivity index (χ3n) is 3.95. The lowest BCUT2D eigenvalue weighted by molar-refractivity contribution is -0.156. The highest BCUT2D eigenvalue weighted by atomic mass is 16.2. The van der Waals surface area contributed by atoms with E-state index in [-0.39, 0.29) is 11.8 Å². The fourth-order valence-corrected chi connectivity index (χ4v) is 2.39. The van der Waals surface area contributed by atoms with E-state index < -0.39 is 11.8 Å². The van der Waals surface area contributed by atoms with Crippen LogP contribution in [0.3, 0.4) is 0 Å². The van der Waals surface area contributed by atoms with Gasteiger partial charge in [0.1, 0.15) is 0 Å². The minimum Gasteiger partial charge on any atom is -0.352 e. The van der Waals surface area contributed by atoms with E-state index in [9.17, 15) is 19.2 Å². The van der Waals surface area contributed by atoms with Gasteiger partial charge in [0.05, 0.1) is 0 Å². The Kier molecular flexibility index (Phi) is 8.54. The van der Waals surface area contributed by atoms with E-state index in [1.54, 1.807) is 13.8 Å². The molecule has 0 aromatic carbocycles. The van der Waals surface area contributed by atoms with Crippen molar-refractivity contribution in [3.63, 3.8) is 0 Å². The molecule has 0 aliphatic carbocycles. The molecule has 1 rings (SSSR count). The highest BCUT2D eigenvalue weighted by molar-refractivity contribution is 6.35. The van der Waals surface area contributed by atoms with E-state index in [2.05, 4.69) is 23.8 Å². The molecule has 26 heavy (non-hydrogen) atoms. The van der Waals surface area contributed by atoms with Crippen LogP contribution in [0.2, 0.25) is 0 Å². The number of carbonyl (C=O) groups is 4. The quantitative estimate of drug-likeness (QED) is 0.319. The predicted octanol–water partition coefficient (Wildman–Crippen LogP) is -0.178. The molecule has 4 amide bonds. The van der Waals surface area contributed by atoms with Crippen LogP contribution in [0.5, 0.6) is 0 Å². The highest BCUT2D eigenvalue weighted by Crippen LogP contribution is 2.06. The Labute approximate surface area is 154 Å². The molecule has 0 bridgehead atoms. The summed E-state index contributed by atoms with van der Waals surface area (Å²) in [5.41, 5.74) is 0.869. The SMILES string of the molecule is C=C(C)C(=O)NCCCN1CCN(CCCNC(=O)C(=C)C)C(=O)C1=O. The van der Waals surface area contributed by atoms with Gasteiger partial charge < -0.3 is 20.4 Å². The first-order chi connectivity index (χ1) is 12.2. The van der Waals surface area contributed by atoms with Crippen molar-refractivity contribution in [1.29, 1.82) is 0 Å². The van der Waals surface area contributed by atoms with E-state index in [1.165, 1.54) is 9.80 Å². The van der Waals surface area contributed by atoms with Crippen LogP contribution in [-0.2, 0) is 19.2 Å². The van der Waals surface area contributed by atoms with Crippen molar-refractivity contribution >= 4 is 23.6 Å². The monoisotopic (exact) mass is 364 g/mol. The maximum absolute atomic E-state index is 12.2. The van der Waals surface area contributed by atoms with Gasteiger partial charge in [-0.2, -0.15) is 0 Å². The smallest absolute Gasteiger partial charge is 0.312 e. The second-order valence-electron chi connectivity index (χ2n) is 6.36. The molecule has 8 nitrogen and oxygen atoms in total. The summed E-state index contributed by atoms with van der Waals surface area (Å²) < 4.78 is 0. The van der Waals surface area contributed by atoms with Gasteiger partial charge in [0, 0.05) is 50.4 Å². The number of hydrogen-bond donors (Lipinski definition) is 2. The lowest BCUT2D eigenvalue weighted by Gasteiger charge is -2.33. The van der Waals surface area contributed by atoms with Gasteiger partial charge in [0.2, 0.25) is 11.8 Å². The average Bonchev–Trinajstić information content (AvgIpc) is 2.59. The number of nitrogens with one attached hydrogen (secondary N) is 2. The second kappa shape index (κ2) is 10.4. The molecule has 0 atom stereocenters. The number of amides is 4. The normalized spacial score (nSPS) is 14.2. The summed E-state index contributed by atoms with van der Waals surface area (Å²) in [7, 11) is 0. The van der Waals surface area contributed by atoms with Gasteiger partial charge in [0.15, 0.2) is 0 Å². The van der Waals surface area contributed by atoms with Crippen molar-refractivity contribution in [3.05, 3.63) is 24.3 Å². The Morgan fingerprint density at radius 1 is 0.846 bits per heavy atom. The molecular weight excluding hydrogens is 336 g/mol. The Morgan fingerprint density at radius 3 is 1.50 bits per heavy atom. The van der Waals surface area contributed by atoms with Gasteiger partial charge in [0.25, 0.3) is 0 Å². The molecule has 0 radical (unpaired) electrons. The van der Waals surface area contributed by atoms with Gasteiger partial charge in [-0.05, 0) is 26.7 Å². The maximum Gasteiger partial charge on any atom is 0.312 e. The number of nitrogens with zero attached hydrogens (tertiary/aromatic N) is 2. The van der Waals surface area contributed by atoms with E-state index in [0.717, 1.165) is 0 Å². The van der Waals surface area contributed by atoms with Crippen molar-refractivity contribution in [1.82, 2.24) is 20.4 Å². The summed E-state index contributed by atoms with van der Waals surface area (Å²) in [4.78, 5) is 50.1. The number of rotatable bonds is 10. The summed E-state index contributed by atoms with van der Waals surface area (Å²) >= 11 is 0. The molecule has 1 fully saturated rings. The molecule has 0 aromatic rings. The van der Waals surface area contributed by atoms with E-state index >= 15 is 0 Å². The maximum atomic E-state index is 12.2. The van der Waals surface area contributed by atoms with E-state index in [1.807, 2.05) is 0 Å². The third-order valence-corrected chi connectivity index (χ3v) is 3.95. The molecule has 1 saturated heterocycles. The fraction of sp³-hybridized carbons (Fsp3) is 0.556. The molecule has 0 aromatic heterocycles. The first-order valence-electron chi connectivity index (χ1n) is 8.69. The van der Waals surface area contributed by atoms with Crippen molar-refractivity contribution < 1.29 is 19.2 Å². The van der Waals surface area contributed by atoms with Crippen LogP contribution >= 0.6 is 0 Å². The van der Waals surface area contributed by atoms with Gasteiger partial charge >= 0.3 is 11.8 Å². The van der Waals surface area contributed by atoms with Crippen LogP contribution in [0.4, 0.5) is 0 Å². The Bertz CT molecular complexity index is 548. The van der Waals surface area contributed by atoms with Crippen molar-refractivity contribution in [3.8, 4) is 0 Å². The molecular formula is C18H28N4O4. The minimum atomic E-state index is -0.520. The van der Waals surface area contributed by atoms with Crippen LogP contribution in [0.25, 0.3) is 0 Å². The molecule has 0 saturated carbocycles. The topological polar surface area (TPSA) is 98.8 Å². The number of piperazine rings is 1. The zero-order valence-corrected chi connectivity index (χ0v) is 15.6. The fourth-order valence-electron chi connectivity index (χ4n) is 2.39. The molecule has 1 heterocycles. The van der Waals surface area contributed by atoms with Crippen LogP contribution < -0.4 is 10.6 Å². The molecule has 144 valence electrons. The summed E-state index contributed by atoms with van der Waals surface area (Å²) in [5, 5.41) is 5.39. The lowest BCUT2D eigenvalue weighted by Crippen LogP contribution is -2.55. The number of hydrogen-bond acceptors (Lipinski definition) is 4. The molecule has 1 aliphatic heterocycles. The zero-order valence-electron chi connectivity index (χ0n) is 15.6. The molecule has 0 unspecified atom stereocenters. The zero-order chi connectivity index (χ0) is 19.7. The molecule has 2 N–H and O–H groups in total. The first kappa shape index (κ1) is 21.4. The van der Waals surface area contributed by atoms with Crippen LogP contribution in [0.15, 0.2) is 24.3 Å². The Morgan fingerprint density at radius 2 is 1.19 bits per heavy atom. The van der Waals surface area contributed by atoms with Crippen molar-refractivity contribution in [2.45, 2.75) is 26.7 Å². The lowest BCUT2D eigenvalue weighted by atomic mass is 10.2. The average molecular weight is 364 g/mol. The van der Waals surface area contributed by atoms with Crippen LogP contribution in [-0.4, -0.2) is 72.7 Å². The van der Waals surface area contributed by atoms with E-state index in [0.29, 0.717) is 63.3 Å². The van der Waals surface area contributed by atoms with Crippen molar-refractivity contribution in [2.24, 2.45) is 0 Å². The van der Waals surface area contributed by atoms with Gasteiger partial charge in [-0.1, -0.05) is 13.2 Å². The summed E-state index contributed by atoms with van der Waals surface area (Å²) in [6, 6.07) is 0. The standard InChI is InChI=1S/C18H28N4O4/c1-13(2)15(23)19-7-5-9-21-11-12-22(18(26)17(21)25)10-6-8-20-16(24)14(3)4/h1,3,5-12H2,2,4H3,(H,19,23)(H,20,24). The minimum absolute atomic E-state index is 0.212. The highest BCUT2D eigenvalue weighted by Gasteiger charge is 2.31. The number of carbonyl (C=O) groups excluding carboxylic acids is 4. The van der Waals surface area contributed by atoms with Crippen LogP contribution in [0.1, 0.15) is 26.7 Å². The summed E-state index contributed by atoms with van der Waals surface area (Å²) in [6.07, 6.45) is 1.15. The third kappa shape index (κ3) is 6.70. The van der Waals surface area contributed by atoms with Crippen LogP contribution in [0, 0.1) is 0 Å². The molecule has 1 aliphatic rings. The van der Waals surface area contributed by atoms with Gasteiger partial charge in [-0.15, -0.1) is 0 Å². The summed E-state index contributed by atoms with van der Waals surface area (Å²) in [5.74, 6) is -1.46. The Hall–Kier alpha value is -2.64. The van der Waals surface area contributed by atoms with Gasteiger partial charge in [-0.3, -0.25) is 19.2 Å². The van der Waals surface area contributed by atoms with E-state index in [4.69, 9.17) is 0 Å². The first-order valence-corrected chi connectivity index (χ1v) is 8.69. The predicted molar refractivity (Wildman–Crippen MR) is 98.0 cm³/mol. The van der Waals surface area contributed by atoms with Gasteiger partial charge in [-0.25, -0.2) is 0 Å².